The van der Waals surface area contributed by atoms with Crippen LogP contribution in [0.2, 0.25) is 0 Å². The molecule has 0 atom stereocenters. The second kappa shape index (κ2) is 15.6. The van der Waals surface area contributed by atoms with E-state index in [0.29, 0.717) is 0 Å². The van der Waals surface area contributed by atoms with E-state index in [-0.39, 0.29) is 0 Å². The molecule has 0 radical (unpaired) electrons. The molecule has 0 aliphatic heterocycles. The second-order valence-corrected chi connectivity index (χ2v) is 19.0. The highest BCUT2D eigenvalue weighted by molar-refractivity contribution is 6.24. The van der Waals surface area contributed by atoms with Crippen LogP contribution < -0.4 is 9.80 Å². The molecule has 0 unspecified atom stereocenters. The summed E-state index contributed by atoms with van der Waals surface area (Å²) in [7, 11) is 0. The van der Waals surface area contributed by atoms with Crippen molar-refractivity contribution in [3.63, 3.8) is 0 Å². The van der Waals surface area contributed by atoms with Gasteiger partial charge in [0.05, 0.1) is 16.4 Å². The lowest BCUT2D eigenvalue weighted by atomic mass is 10.0. The summed E-state index contributed by atoms with van der Waals surface area (Å²) in [5.41, 5.74) is 14.9. The number of benzene rings is 11. The van der Waals surface area contributed by atoms with Crippen molar-refractivity contribution in [3.05, 3.63) is 218 Å². The minimum Gasteiger partial charge on any atom is -0.456 e. The lowest BCUT2D eigenvalue weighted by Crippen LogP contribution is -2.10. The number of nitrogens with zero attached hydrogens (tertiary/aromatic N) is 4. The molecular weight excluding hydrogens is 881 g/mol. The molecule has 72 heavy (non-hydrogen) atoms. The quantitative estimate of drug-likeness (QED) is 0.152. The molecule has 0 aliphatic rings. The van der Waals surface area contributed by atoms with E-state index in [1.165, 1.54) is 43.6 Å². The van der Waals surface area contributed by atoms with Crippen LogP contribution >= 0.6 is 0 Å². The van der Waals surface area contributed by atoms with Crippen LogP contribution in [0, 0.1) is 0 Å². The van der Waals surface area contributed by atoms with E-state index in [1.54, 1.807) is 0 Å². The van der Waals surface area contributed by atoms with Gasteiger partial charge in [-0.05, 0) is 157 Å². The molecule has 0 saturated heterocycles. The monoisotopic (exact) mass is 926 g/mol. The van der Waals surface area contributed by atoms with Crippen LogP contribution in [0.15, 0.2) is 227 Å². The van der Waals surface area contributed by atoms with Crippen molar-refractivity contribution in [1.29, 1.82) is 0 Å². The van der Waals surface area contributed by atoms with Crippen LogP contribution in [0.4, 0.5) is 34.1 Å². The Kier molecular flexibility index (Phi) is 8.81. The van der Waals surface area contributed by atoms with Gasteiger partial charge in [-0.25, -0.2) is 0 Å². The van der Waals surface area contributed by atoms with Crippen LogP contribution in [0.25, 0.3) is 109 Å². The van der Waals surface area contributed by atoms with Crippen molar-refractivity contribution in [3.8, 4) is 0 Å². The Balaban J connectivity index is 0.840. The van der Waals surface area contributed by atoms with E-state index < -0.39 is 0 Å². The van der Waals surface area contributed by atoms with Crippen LogP contribution in [0.5, 0.6) is 0 Å². The van der Waals surface area contributed by atoms with Crippen molar-refractivity contribution in [2.45, 2.75) is 26.9 Å². The molecule has 11 aromatic carbocycles. The number of hydrogen-bond acceptors (Lipinski definition) is 4. The molecule has 0 saturated carbocycles. The molecule has 4 heterocycles. The molecule has 4 aromatic heterocycles. The van der Waals surface area contributed by atoms with E-state index in [0.717, 1.165) is 113 Å². The Bertz CT molecular complexity index is 4670. The first-order chi connectivity index (χ1) is 35.6. The third-order valence-electron chi connectivity index (χ3n) is 15.2. The minimum absolute atomic E-state index is 0.807. The van der Waals surface area contributed by atoms with Crippen molar-refractivity contribution >= 4 is 143 Å². The maximum Gasteiger partial charge on any atom is 0.147 e. The number of anilines is 6. The third-order valence-corrected chi connectivity index (χ3v) is 15.2. The van der Waals surface area contributed by atoms with Gasteiger partial charge in [0.25, 0.3) is 0 Å². The normalized spacial score (nSPS) is 12.1. The predicted octanol–water partition coefficient (Wildman–Crippen LogP) is 19.0. The van der Waals surface area contributed by atoms with Crippen molar-refractivity contribution in [2.75, 3.05) is 9.80 Å². The molecule has 0 spiro atoms. The standard InChI is InChI=1S/C66H46N4O2/c1-3-67-58-21-13-11-19-51(58)53-29-27-49(39-60(53)67)69(45-15-7-5-8-16-45)47-25-23-41-35-56-55-31-32-62-65(66(55)72-63(56)37-43(41)33-47)57-36-42-24-26-48(34-44(42)38-64(57)71-62)70(46-17-9-6-10-18-46)50-28-30-54-52-20-12-14-22-59(52)68(4-2)61(54)40-50/h5-40H,3-4H2,1-2H3. The van der Waals surface area contributed by atoms with Gasteiger partial charge in [-0.1, -0.05) is 97.1 Å². The molecule has 342 valence electrons. The van der Waals surface area contributed by atoms with Gasteiger partial charge in [0.2, 0.25) is 0 Å². The maximum absolute atomic E-state index is 6.95. The molecule has 0 fully saturated rings. The molecule has 0 amide bonds. The topological polar surface area (TPSA) is 42.6 Å². The summed E-state index contributed by atoms with van der Waals surface area (Å²) in [6, 6.07) is 79.2. The van der Waals surface area contributed by atoms with E-state index in [1.807, 2.05) is 0 Å². The van der Waals surface area contributed by atoms with E-state index in [9.17, 15) is 0 Å². The van der Waals surface area contributed by atoms with Gasteiger partial charge in [0.15, 0.2) is 0 Å². The lowest BCUT2D eigenvalue weighted by Gasteiger charge is -2.26. The molecule has 0 aliphatic carbocycles. The van der Waals surface area contributed by atoms with E-state index in [4.69, 9.17) is 8.83 Å². The average Bonchev–Trinajstić information content (AvgIpc) is 4.16. The maximum atomic E-state index is 6.95. The zero-order valence-corrected chi connectivity index (χ0v) is 39.8. The Morgan fingerprint density at radius 2 is 0.750 bits per heavy atom. The number of aromatic nitrogens is 2. The van der Waals surface area contributed by atoms with Crippen molar-refractivity contribution in [2.24, 2.45) is 0 Å². The number of aryl methyl sites for hydroxylation is 2. The van der Waals surface area contributed by atoms with Gasteiger partial charge in [-0.2, -0.15) is 0 Å². The van der Waals surface area contributed by atoms with Crippen LogP contribution in [-0.2, 0) is 13.1 Å². The van der Waals surface area contributed by atoms with Crippen LogP contribution in [-0.4, -0.2) is 9.13 Å². The first-order valence-electron chi connectivity index (χ1n) is 25.0. The molecule has 6 heteroatoms. The summed E-state index contributed by atoms with van der Waals surface area (Å²) in [6.07, 6.45) is 0. The molecular formula is C66H46N4O2. The summed E-state index contributed by atoms with van der Waals surface area (Å²) in [6.45, 7) is 6.23. The number of fused-ring (bicyclic) bond motifs is 15. The first kappa shape index (κ1) is 40.6. The van der Waals surface area contributed by atoms with Crippen LogP contribution in [0.3, 0.4) is 0 Å². The predicted molar refractivity (Wildman–Crippen MR) is 303 cm³/mol. The molecule has 6 nitrogen and oxygen atoms in total. The molecule has 15 rings (SSSR count). The summed E-state index contributed by atoms with van der Waals surface area (Å²) < 4.78 is 18.5. The van der Waals surface area contributed by atoms with Gasteiger partial charge in [0.1, 0.15) is 22.3 Å². The Morgan fingerprint density at radius 3 is 1.29 bits per heavy atom. The Hall–Kier alpha value is -9.26. The summed E-state index contributed by atoms with van der Waals surface area (Å²) in [5, 5.41) is 13.8. The van der Waals surface area contributed by atoms with Crippen LogP contribution in [0.1, 0.15) is 13.8 Å². The number of hydrogen-bond donors (Lipinski definition) is 0. The van der Waals surface area contributed by atoms with Gasteiger partial charge in [-0.15, -0.1) is 0 Å². The molecule has 0 bridgehead atoms. The van der Waals surface area contributed by atoms with Gasteiger partial charge in [-0.3, -0.25) is 0 Å². The van der Waals surface area contributed by atoms with Crippen molar-refractivity contribution < 1.29 is 8.83 Å². The van der Waals surface area contributed by atoms with Gasteiger partial charge in [0, 0.05) is 96.0 Å². The summed E-state index contributed by atoms with van der Waals surface area (Å²) in [4.78, 5) is 4.72. The number of para-hydroxylation sites is 4. The minimum atomic E-state index is 0.807. The highest BCUT2D eigenvalue weighted by Gasteiger charge is 2.22. The van der Waals surface area contributed by atoms with Crippen molar-refractivity contribution in [1.82, 2.24) is 9.13 Å². The summed E-state index contributed by atoms with van der Waals surface area (Å²) in [5.74, 6) is 0. The average molecular weight is 927 g/mol. The highest BCUT2D eigenvalue weighted by atomic mass is 16.3. The zero-order chi connectivity index (χ0) is 47.6. The SMILES string of the molecule is CCn1c2ccccc2c2ccc(N(c3ccccc3)c3ccc4cc5c(cc4c3)oc3c5ccc4oc5cc6cc(N(c7ccccc7)c7ccc8c9ccccc9n(CC)c8c7)ccc6cc5c43)cc21. The van der Waals surface area contributed by atoms with E-state index in [2.05, 4.69) is 251 Å². The molecule has 15 aromatic rings. The van der Waals surface area contributed by atoms with E-state index >= 15 is 0 Å². The van der Waals surface area contributed by atoms with Gasteiger partial charge >= 0.3 is 0 Å². The number of furan rings is 2. The fourth-order valence-corrected chi connectivity index (χ4v) is 11.9. The Morgan fingerprint density at radius 1 is 0.306 bits per heavy atom. The Labute approximate surface area is 414 Å². The fraction of sp³-hybridized carbons (Fsp3) is 0.0606. The lowest BCUT2D eigenvalue weighted by molar-refractivity contribution is 0.663. The first-order valence-corrected chi connectivity index (χ1v) is 25.0. The smallest absolute Gasteiger partial charge is 0.147 e. The third kappa shape index (κ3) is 6.02. The van der Waals surface area contributed by atoms with Gasteiger partial charge < -0.3 is 27.8 Å². The fourth-order valence-electron chi connectivity index (χ4n) is 11.9. The second-order valence-electron chi connectivity index (χ2n) is 19.0. The molecule has 0 N–H and O–H groups in total. The highest BCUT2D eigenvalue weighted by Crippen LogP contribution is 2.45. The summed E-state index contributed by atoms with van der Waals surface area (Å²) >= 11 is 0. The zero-order valence-electron chi connectivity index (χ0n) is 39.8. The largest absolute Gasteiger partial charge is 0.456 e. The number of rotatable bonds is 8.